The molecule has 0 atom stereocenters. The van der Waals surface area contributed by atoms with Gasteiger partial charge in [0, 0.05) is 19.6 Å². The lowest BCUT2D eigenvalue weighted by molar-refractivity contribution is 0.615. The molecule has 94 valence electrons. The quantitative estimate of drug-likeness (QED) is 0.624. The molecular weight excluding hydrogens is 217 g/mol. The van der Waals surface area contributed by atoms with Gasteiger partial charge in [-0.2, -0.15) is 0 Å². The van der Waals surface area contributed by atoms with Crippen LogP contribution < -0.4 is 10.6 Å². The molecule has 0 aliphatic heterocycles. The molecule has 2 N–H and O–H groups in total. The smallest absolute Gasteiger partial charge is 0.191 e. The zero-order valence-corrected chi connectivity index (χ0v) is 10.8. The molecule has 0 saturated heterocycles. The molecule has 0 radical (unpaired) electrons. The van der Waals surface area contributed by atoms with Crippen LogP contribution in [0, 0.1) is 12.7 Å². The zero-order chi connectivity index (χ0) is 12.8. The van der Waals surface area contributed by atoms with E-state index in [2.05, 4.69) is 15.6 Å². The van der Waals surface area contributed by atoms with E-state index in [0.717, 1.165) is 11.5 Å². The first kappa shape index (κ1) is 13.5. The highest BCUT2D eigenvalue weighted by molar-refractivity contribution is 5.79. The summed E-state index contributed by atoms with van der Waals surface area (Å²) >= 11 is 0. The Morgan fingerprint density at radius 2 is 2.12 bits per heavy atom. The number of guanidine groups is 1. The summed E-state index contributed by atoms with van der Waals surface area (Å²) in [6.07, 6.45) is 0. The van der Waals surface area contributed by atoms with Gasteiger partial charge in [-0.3, -0.25) is 4.99 Å². The van der Waals surface area contributed by atoms with Crippen molar-refractivity contribution in [3.05, 3.63) is 35.1 Å². The molecule has 0 fully saturated rings. The van der Waals surface area contributed by atoms with Crippen molar-refractivity contribution in [1.29, 1.82) is 0 Å². The van der Waals surface area contributed by atoms with Crippen LogP contribution in [-0.2, 0) is 6.54 Å². The van der Waals surface area contributed by atoms with Gasteiger partial charge in [-0.1, -0.05) is 12.1 Å². The third kappa shape index (κ3) is 4.43. The molecule has 17 heavy (non-hydrogen) atoms. The molecule has 0 spiro atoms. The molecule has 0 saturated carbocycles. The van der Waals surface area contributed by atoms with Gasteiger partial charge in [0.2, 0.25) is 0 Å². The Kier molecular flexibility index (Phi) is 4.94. The second-order valence-corrected chi connectivity index (χ2v) is 4.31. The van der Waals surface area contributed by atoms with Gasteiger partial charge in [-0.05, 0) is 38.0 Å². The van der Waals surface area contributed by atoms with Crippen molar-refractivity contribution in [3.8, 4) is 0 Å². The van der Waals surface area contributed by atoms with Crippen LogP contribution >= 0.6 is 0 Å². The second kappa shape index (κ2) is 6.23. The van der Waals surface area contributed by atoms with E-state index in [9.17, 15) is 4.39 Å². The maximum absolute atomic E-state index is 13.3. The number of rotatable bonds is 3. The third-order valence-electron chi connectivity index (χ3n) is 2.35. The SMILES string of the molecule is CN=C(NCc1ccc(C)c(F)c1)NC(C)C. The number of hydrogen-bond acceptors (Lipinski definition) is 1. The fourth-order valence-electron chi connectivity index (χ4n) is 1.40. The summed E-state index contributed by atoms with van der Waals surface area (Å²) in [4.78, 5) is 4.08. The summed E-state index contributed by atoms with van der Waals surface area (Å²) in [7, 11) is 1.72. The number of nitrogens with one attached hydrogen (secondary N) is 2. The van der Waals surface area contributed by atoms with E-state index in [-0.39, 0.29) is 5.82 Å². The van der Waals surface area contributed by atoms with Crippen molar-refractivity contribution in [3.63, 3.8) is 0 Å². The molecule has 0 unspecified atom stereocenters. The maximum atomic E-state index is 13.3. The molecule has 0 bridgehead atoms. The number of halogens is 1. The predicted octanol–water partition coefficient (Wildman–Crippen LogP) is 2.21. The minimum Gasteiger partial charge on any atom is -0.354 e. The van der Waals surface area contributed by atoms with Crippen LogP contribution in [0.1, 0.15) is 25.0 Å². The van der Waals surface area contributed by atoms with E-state index < -0.39 is 0 Å². The van der Waals surface area contributed by atoms with Crippen molar-refractivity contribution in [2.24, 2.45) is 4.99 Å². The highest BCUT2D eigenvalue weighted by Crippen LogP contribution is 2.08. The molecule has 3 nitrogen and oxygen atoms in total. The fraction of sp³-hybridized carbons (Fsp3) is 0.462. The van der Waals surface area contributed by atoms with Gasteiger partial charge < -0.3 is 10.6 Å². The molecular formula is C13H20FN3. The Hall–Kier alpha value is -1.58. The van der Waals surface area contributed by atoms with Crippen molar-refractivity contribution >= 4 is 5.96 Å². The Bertz CT molecular complexity index is 400. The first-order valence-corrected chi connectivity index (χ1v) is 5.75. The topological polar surface area (TPSA) is 36.4 Å². The standard InChI is InChI=1S/C13H20FN3/c1-9(2)17-13(15-4)16-8-11-6-5-10(3)12(14)7-11/h5-7,9H,8H2,1-4H3,(H2,15,16,17). The Morgan fingerprint density at radius 1 is 1.41 bits per heavy atom. The summed E-state index contributed by atoms with van der Waals surface area (Å²) < 4.78 is 13.3. The summed E-state index contributed by atoms with van der Waals surface area (Å²) in [5.41, 5.74) is 1.57. The molecule has 0 heterocycles. The van der Waals surface area contributed by atoms with Crippen LogP contribution in [0.4, 0.5) is 4.39 Å². The normalized spacial score (nSPS) is 11.8. The third-order valence-corrected chi connectivity index (χ3v) is 2.35. The van der Waals surface area contributed by atoms with Crippen molar-refractivity contribution in [2.45, 2.75) is 33.4 Å². The van der Waals surface area contributed by atoms with Crippen molar-refractivity contribution in [2.75, 3.05) is 7.05 Å². The van der Waals surface area contributed by atoms with E-state index in [1.807, 2.05) is 19.9 Å². The maximum Gasteiger partial charge on any atom is 0.191 e. The highest BCUT2D eigenvalue weighted by Gasteiger charge is 2.02. The lowest BCUT2D eigenvalue weighted by Crippen LogP contribution is -2.40. The highest BCUT2D eigenvalue weighted by atomic mass is 19.1. The first-order chi connectivity index (χ1) is 8.02. The van der Waals surface area contributed by atoms with Crippen molar-refractivity contribution < 1.29 is 4.39 Å². The second-order valence-electron chi connectivity index (χ2n) is 4.31. The average Bonchev–Trinajstić information content (AvgIpc) is 2.28. The molecule has 4 heteroatoms. The molecule has 1 rings (SSSR count). The summed E-state index contributed by atoms with van der Waals surface area (Å²) in [5.74, 6) is 0.553. The average molecular weight is 237 g/mol. The Balaban J connectivity index is 2.57. The van der Waals surface area contributed by atoms with Gasteiger partial charge in [0.25, 0.3) is 0 Å². The number of benzene rings is 1. The van der Waals surface area contributed by atoms with Gasteiger partial charge in [-0.15, -0.1) is 0 Å². The van der Waals surface area contributed by atoms with Gasteiger partial charge in [0.05, 0.1) is 0 Å². The molecule has 0 aliphatic carbocycles. The van der Waals surface area contributed by atoms with Crippen LogP contribution in [0.15, 0.2) is 23.2 Å². The lowest BCUT2D eigenvalue weighted by atomic mass is 10.1. The largest absolute Gasteiger partial charge is 0.354 e. The molecule has 0 amide bonds. The Labute approximate surface area is 102 Å². The van der Waals surface area contributed by atoms with E-state index in [1.165, 1.54) is 0 Å². The number of nitrogens with zero attached hydrogens (tertiary/aromatic N) is 1. The number of hydrogen-bond donors (Lipinski definition) is 2. The summed E-state index contributed by atoms with van der Waals surface area (Å²) in [6.45, 7) is 6.40. The Morgan fingerprint density at radius 3 is 2.65 bits per heavy atom. The fourth-order valence-corrected chi connectivity index (χ4v) is 1.40. The van der Waals surface area contributed by atoms with E-state index >= 15 is 0 Å². The lowest BCUT2D eigenvalue weighted by Gasteiger charge is -2.14. The van der Waals surface area contributed by atoms with Gasteiger partial charge in [0.15, 0.2) is 5.96 Å². The molecule has 0 aromatic heterocycles. The van der Waals surface area contributed by atoms with E-state index in [4.69, 9.17) is 0 Å². The monoisotopic (exact) mass is 237 g/mol. The molecule has 0 aliphatic rings. The zero-order valence-electron chi connectivity index (χ0n) is 10.8. The van der Waals surface area contributed by atoms with Crippen LogP contribution in [0.3, 0.4) is 0 Å². The molecule has 1 aromatic rings. The predicted molar refractivity (Wildman–Crippen MR) is 69.6 cm³/mol. The van der Waals surface area contributed by atoms with Crippen molar-refractivity contribution in [1.82, 2.24) is 10.6 Å². The van der Waals surface area contributed by atoms with Gasteiger partial charge >= 0.3 is 0 Å². The van der Waals surface area contributed by atoms with Crippen LogP contribution in [-0.4, -0.2) is 19.0 Å². The summed E-state index contributed by atoms with van der Waals surface area (Å²) in [6, 6.07) is 5.56. The number of aliphatic imine (C=N–C) groups is 1. The first-order valence-electron chi connectivity index (χ1n) is 5.75. The minimum absolute atomic E-state index is 0.170. The van der Waals surface area contributed by atoms with Gasteiger partial charge in [0.1, 0.15) is 5.82 Å². The van der Waals surface area contributed by atoms with Crippen LogP contribution in [0.25, 0.3) is 0 Å². The summed E-state index contributed by atoms with van der Waals surface area (Å²) in [5, 5.41) is 6.31. The molecule has 1 aromatic carbocycles. The van der Waals surface area contributed by atoms with E-state index in [0.29, 0.717) is 18.2 Å². The number of aryl methyl sites for hydroxylation is 1. The van der Waals surface area contributed by atoms with Crippen LogP contribution in [0.2, 0.25) is 0 Å². The minimum atomic E-state index is -0.170. The van der Waals surface area contributed by atoms with Crippen LogP contribution in [0.5, 0.6) is 0 Å². The van der Waals surface area contributed by atoms with Gasteiger partial charge in [-0.25, -0.2) is 4.39 Å². The van der Waals surface area contributed by atoms with E-state index in [1.54, 1.807) is 26.1 Å².